The molecule has 0 amide bonds. The van der Waals surface area contributed by atoms with Gasteiger partial charge in [-0.15, -0.1) is 0 Å². The van der Waals surface area contributed by atoms with Crippen LogP contribution < -0.4 is 10.0 Å². The molecular weight excluding hydrogens is 292 g/mol. The second kappa shape index (κ2) is 7.35. The van der Waals surface area contributed by atoms with Crippen molar-refractivity contribution in [2.45, 2.75) is 50.3 Å². The average Bonchev–Trinajstić information content (AvgIpc) is 3.05. The lowest BCUT2D eigenvalue weighted by molar-refractivity contribution is 0.117. The third-order valence-electron chi connectivity index (χ3n) is 3.55. The predicted octanol–water partition coefficient (Wildman–Crippen LogP) is 0.338. The molecule has 0 saturated carbocycles. The number of sulfonamides is 1. The highest BCUT2D eigenvalue weighted by Gasteiger charge is 2.29. The average molecular weight is 316 g/mol. The Morgan fingerprint density at radius 2 is 2.29 bits per heavy atom. The predicted molar refractivity (Wildman–Crippen MR) is 79.5 cm³/mol. The Morgan fingerprint density at radius 1 is 1.48 bits per heavy atom. The number of hydrogen-bond donors (Lipinski definition) is 2. The lowest BCUT2D eigenvalue weighted by Crippen LogP contribution is -2.38. The monoisotopic (exact) mass is 316 g/mol. The van der Waals surface area contributed by atoms with E-state index in [-0.39, 0.29) is 17.0 Å². The largest absolute Gasteiger partial charge is 0.377 e. The zero-order valence-corrected chi connectivity index (χ0v) is 13.4. The van der Waals surface area contributed by atoms with Crippen molar-refractivity contribution in [2.24, 2.45) is 0 Å². The van der Waals surface area contributed by atoms with Gasteiger partial charge in [0.1, 0.15) is 4.90 Å². The SMILES string of the molecule is CCCNCCn1cc(S(=O)(=O)NC2CCOC2C)cn1. The summed E-state index contributed by atoms with van der Waals surface area (Å²) in [4.78, 5) is 0.206. The Kier molecular flexibility index (Phi) is 5.74. The highest BCUT2D eigenvalue weighted by molar-refractivity contribution is 7.89. The maximum absolute atomic E-state index is 12.3. The molecule has 1 saturated heterocycles. The minimum absolute atomic E-state index is 0.0898. The molecule has 1 aromatic heterocycles. The van der Waals surface area contributed by atoms with Gasteiger partial charge >= 0.3 is 0 Å². The number of ether oxygens (including phenoxy) is 1. The molecule has 0 aliphatic carbocycles. The Hall–Kier alpha value is -0.960. The Labute approximate surface area is 126 Å². The topological polar surface area (TPSA) is 85.2 Å². The van der Waals surface area contributed by atoms with E-state index < -0.39 is 10.0 Å². The van der Waals surface area contributed by atoms with Gasteiger partial charge in [-0.25, -0.2) is 13.1 Å². The molecule has 0 bridgehead atoms. The summed E-state index contributed by atoms with van der Waals surface area (Å²) in [5.41, 5.74) is 0. The van der Waals surface area contributed by atoms with Crippen molar-refractivity contribution >= 4 is 10.0 Å². The minimum atomic E-state index is -3.52. The van der Waals surface area contributed by atoms with Gasteiger partial charge in [0, 0.05) is 19.3 Å². The first-order valence-electron chi connectivity index (χ1n) is 7.40. The summed E-state index contributed by atoms with van der Waals surface area (Å²) >= 11 is 0. The molecule has 21 heavy (non-hydrogen) atoms. The van der Waals surface area contributed by atoms with Crippen LogP contribution in [0.5, 0.6) is 0 Å². The first-order chi connectivity index (χ1) is 10.0. The van der Waals surface area contributed by atoms with E-state index in [4.69, 9.17) is 4.74 Å². The van der Waals surface area contributed by atoms with Crippen molar-refractivity contribution in [3.8, 4) is 0 Å². The molecule has 0 aromatic carbocycles. The minimum Gasteiger partial charge on any atom is -0.377 e. The molecule has 0 spiro atoms. The van der Waals surface area contributed by atoms with E-state index in [2.05, 4.69) is 22.1 Å². The van der Waals surface area contributed by atoms with Gasteiger partial charge in [0.25, 0.3) is 0 Å². The van der Waals surface area contributed by atoms with Crippen LogP contribution in [0.3, 0.4) is 0 Å². The van der Waals surface area contributed by atoms with Crippen molar-refractivity contribution < 1.29 is 13.2 Å². The molecule has 8 heteroatoms. The van der Waals surface area contributed by atoms with Crippen molar-refractivity contribution in [3.63, 3.8) is 0 Å². The van der Waals surface area contributed by atoms with E-state index >= 15 is 0 Å². The van der Waals surface area contributed by atoms with Gasteiger partial charge in [-0.05, 0) is 26.3 Å². The van der Waals surface area contributed by atoms with Gasteiger partial charge in [0.2, 0.25) is 10.0 Å². The molecule has 2 N–H and O–H groups in total. The van der Waals surface area contributed by atoms with E-state index in [0.29, 0.717) is 19.6 Å². The summed E-state index contributed by atoms with van der Waals surface area (Å²) in [6.45, 7) is 6.95. The maximum atomic E-state index is 12.3. The number of hydrogen-bond acceptors (Lipinski definition) is 5. The van der Waals surface area contributed by atoms with Crippen LogP contribution in [0.4, 0.5) is 0 Å². The summed E-state index contributed by atoms with van der Waals surface area (Å²) in [5, 5.41) is 7.35. The van der Waals surface area contributed by atoms with Crippen LogP contribution in [-0.2, 0) is 21.3 Å². The summed E-state index contributed by atoms with van der Waals surface area (Å²) in [6, 6.07) is -0.162. The van der Waals surface area contributed by atoms with Gasteiger partial charge in [0.05, 0.1) is 24.9 Å². The highest BCUT2D eigenvalue weighted by atomic mass is 32.2. The molecule has 2 heterocycles. The van der Waals surface area contributed by atoms with Crippen molar-refractivity contribution in [3.05, 3.63) is 12.4 Å². The van der Waals surface area contributed by atoms with Crippen LogP contribution in [0.2, 0.25) is 0 Å². The number of rotatable bonds is 8. The summed E-state index contributed by atoms with van der Waals surface area (Å²) < 4.78 is 34.3. The third-order valence-corrected chi connectivity index (χ3v) is 4.99. The van der Waals surface area contributed by atoms with Gasteiger partial charge in [-0.1, -0.05) is 6.92 Å². The third kappa shape index (κ3) is 4.50. The first-order valence-corrected chi connectivity index (χ1v) is 8.88. The van der Waals surface area contributed by atoms with E-state index in [1.54, 1.807) is 10.9 Å². The molecule has 1 aliphatic rings. The molecule has 120 valence electrons. The summed E-state index contributed by atoms with van der Waals surface area (Å²) in [5.74, 6) is 0. The van der Waals surface area contributed by atoms with Crippen LogP contribution in [0.15, 0.2) is 17.3 Å². The number of aromatic nitrogens is 2. The van der Waals surface area contributed by atoms with Crippen LogP contribution >= 0.6 is 0 Å². The first kappa shape index (κ1) is 16.4. The normalized spacial score (nSPS) is 22.8. The molecule has 1 fully saturated rings. The molecular formula is C13H24N4O3S. The van der Waals surface area contributed by atoms with Crippen molar-refractivity contribution in [2.75, 3.05) is 19.7 Å². The number of nitrogens with one attached hydrogen (secondary N) is 2. The fourth-order valence-electron chi connectivity index (χ4n) is 2.25. The van der Waals surface area contributed by atoms with Gasteiger partial charge in [-0.2, -0.15) is 5.10 Å². The molecule has 0 radical (unpaired) electrons. The van der Waals surface area contributed by atoms with E-state index in [9.17, 15) is 8.42 Å². The number of nitrogens with zero attached hydrogens (tertiary/aromatic N) is 2. The second-order valence-electron chi connectivity index (χ2n) is 5.28. The van der Waals surface area contributed by atoms with E-state index in [1.165, 1.54) is 6.20 Å². The molecule has 1 aromatic rings. The lowest BCUT2D eigenvalue weighted by atomic mass is 10.2. The fourth-order valence-corrected chi connectivity index (χ4v) is 3.55. The maximum Gasteiger partial charge on any atom is 0.244 e. The van der Waals surface area contributed by atoms with E-state index in [0.717, 1.165) is 19.5 Å². The Balaban J connectivity index is 1.92. The molecule has 2 unspecified atom stereocenters. The van der Waals surface area contributed by atoms with E-state index in [1.807, 2.05) is 6.92 Å². The second-order valence-corrected chi connectivity index (χ2v) is 7.00. The zero-order chi connectivity index (χ0) is 15.3. The standard InChI is InChI=1S/C13H24N4O3S/c1-3-5-14-6-7-17-10-12(9-15-17)21(18,19)16-13-4-8-20-11(13)2/h9-11,13-14,16H,3-8H2,1-2H3. The summed E-state index contributed by atoms with van der Waals surface area (Å²) in [7, 11) is -3.52. The molecule has 2 atom stereocenters. The zero-order valence-electron chi connectivity index (χ0n) is 12.6. The van der Waals surface area contributed by atoms with Crippen LogP contribution in [-0.4, -0.2) is 50.0 Å². The van der Waals surface area contributed by atoms with Crippen molar-refractivity contribution in [1.82, 2.24) is 19.8 Å². The quantitative estimate of drug-likeness (QED) is 0.676. The van der Waals surface area contributed by atoms with Crippen LogP contribution in [0, 0.1) is 0 Å². The molecule has 1 aliphatic heterocycles. The smallest absolute Gasteiger partial charge is 0.244 e. The van der Waals surface area contributed by atoms with Gasteiger partial charge < -0.3 is 10.1 Å². The van der Waals surface area contributed by atoms with Crippen LogP contribution in [0.1, 0.15) is 26.7 Å². The highest BCUT2D eigenvalue weighted by Crippen LogP contribution is 2.16. The van der Waals surface area contributed by atoms with Gasteiger partial charge in [0.15, 0.2) is 0 Å². The molecule has 2 rings (SSSR count). The van der Waals surface area contributed by atoms with Crippen LogP contribution in [0.25, 0.3) is 0 Å². The Bertz CT molecular complexity index is 543. The summed E-state index contributed by atoms with van der Waals surface area (Å²) in [6.07, 6.45) is 4.65. The fraction of sp³-hybridized carbons (Fsp3) is 0.769. The van der Waals surface area contributed by atoms with Crippen molar-refractivity contribution in [1.29, 1.82) is 0 Å². The lowest BCUT2D eigenvalue weighted by Gasteiger charge is -2.15. The molecule has 7 nitrogen and oxygen atoms in total. The Morgan fingerprint density at radius 3 is 2.95 bits per heavy atom. The van der Waals surface area contributed by atoms with Gasteiger partial charge in [-0.3, -0.25) is 4.68 Å².